The number of hydrogen-bond donors (Lipinski definition) is 4. The predicted octanol–water partition coefficient (Wildman–Crippen LogP) is 6.83. The summed E-state index contributed by atoms with van der Waals surface area (Å²) >= 11 is 0. The molecule has 6 rings (SSSR count). The highest BCUT2D eigenvalue weighted by Gasteiger charge is 2.46. The lowest BCUT2D eigenvalue weighted by molar-refractivity contribution is -0.437. The van der Waals surface area contributed by atoms with Crippen molar-refractivity contribution in [3.05, 3.63) is 102 Å². The minimum atomic E-state index is -4.91. The van der Waals surface area contributed by atoms with Gasteiger partial charge in [-0.1, -0.05) is 57.2 Å². The Morgan fingerprint density at radius 2 is 1.44 bits per heavy atom. The van der Waals surface area contributed by atoms with E-state index in [1.165, 1.54) is 25.2 Å². The molecule has 0 radical (unpaired) electrons. The molecule has 2 heterocycles. The maximum atomic E-state index is 13.9. The van der Waals surface area contributed by atoms with Crippen LogP contribution in [0.2, 0.25) is 0 Å². The van der Waals surface area contributed by atoms with Crippen molar-refractivity contribution in [2.75, 3.05) is 37.3 Å². The molecule has 64 heavy (non-hydrogen) atoms. The van der Waals surface area contributed by atoms with E-state index in [0.717, 1.165) is 33.0 Å². The van der Waals surface area contributed by atoms with E-state index in [1.54, 1.807) is 30.3 Å². The molecule has 0 aromatic heterocycles. The zero-order valence-electron chi connectivity index (χ0n) is 36.2. The zero-order valence-corrected chi connectivity index (χ0v) is 39.4. The van der Waals surface area contributed by atoms with Gasteiger partial charge in [-0.2, -0.15) is 29.8 Å². The maximum absolute atomic E-state index is 13.9. The molecule has 0 bridgehead atoms. The Balaban J connectivity index is 1.41. The number of aliphatic carboxylic acids is 1. The molecule has 2 aliphatic heterocycles. The molecule has 0 unspecified atom stereocenters. The van der Waals surface area contributed by atoms with Gasteiger partial charge in [-0.3, -0.25) is 18.5 Å². The molecule has 0 amide bonds. The molecular weight excluding hydrogens is 907 g/mol. The molecule has 0 fully saturated rings. The molecular formula is C44H52N3O13S4+. The van der Waals surface area contributed by atoms with Gasteiger partial charge in [0.15, 0.2) is 5.71 Å². The molecule has 344 valence electrons. The Bertz CT molecular complexity index is 3170. The fourth-order valence-electron chi connectivity index (χ4n) is 9.03. The molecule has 0 saturated heterocycles. The number of sulfonamides is 1. The van der Waals surface area contributed by atoms with E-state index in [2.05, 4.69) is 0 Å². The summed E-state index contributed by atoms with van der Waals surface area (Å²) in [5.74, 6) is -1.51. The van der Waals surface area contributed by atoms with E-state index >= 15 is 0 Å². The highest BCUT2D eigenvalue weighted by Crippen LogP contribution is 2.52. The van der Waals surface area contributed by atoms with Crippen molar-refractivity contribution in [2.24, 2.45) is 0 Å². The summed E-state index contributed by atoms with van der Waals surface area (Å²) in [7, 11) is -16.7. The van der Waals surface area contributed by atoms with Crippen LogP contribution in [0.3, 0.4) is 0 Å². The first-order valence-electron chi connectivity index (χ1n) is 20.4. The summed E-state index contributed by atoms with van der Waals surface area (Å²) in [5.41, 5.74) is 2.77. The number of benzene rings is 4. The molecule has 4 aromatic rings. The van der Waals surface area contributed by atoms with Crippen molar-refractivity contribution in [2.45, 2.75) is 85.8 Å². The summed E-state index contributed by atoms with van der Waals surface area (Å²) in [5, 5.41) is 10.5. The minimum Gasteiger partial charge on any atom is -0.481 e. The lowest BCUT2D eigenvalue weighted by Gasteiger charge is -2.27. The lowest BCUT2D eigenvalue weighted by Crippen LogP contribution is -2.28. The molecule has 4 N–H and O–H groups in total. The number of carboxylic acid groups (broad SMARTS) is 1. The van der Waals surface area contributed by atoms with Crippen molar-refractivity contribution in [3.8, 4) is 0 Å². The quantitative estimate of drug-likeness (QED) is 0.0482. The van der Waals surface area contributed by atoms with Crippen LogP contribution >= 0.6 is 0 Å². The van der Waals surface area contributed by atoms with Gasteiger partial charge < -0.3 is 10.0 Å². The number of anilines is 1. The number of fused-ring (bicyclic) bond motifs is 6. The molecule has 2 aliphatic rings. The van der Waals surface area contributed by atoms with Crippen LogP contribution in [0.25, 0.3) is 21.5 Å². The first kappa shape index (κ1) is 48.7. The second kappa shape index (κ2) is 17.5. The first-order valence-corrected chi connectivity index (χ1v) is 26.3. The van der Waals surface area contributed by atoms with Gasteiger partial charge in [-0.05, 0) is 79.4 Å². The van der Waals surface area contributed by atoms with E-state index < -0.39 is 72.7 Å². The third-order valence-corrected chi connectivity index (χ3v) is 16.3. The second-order valence-corrected chi connectivity index (χ2v) is 23.3. The van der Waals surface area contributed by atoms with Gasteiger partial charge in [0.25, 0.3) is 30.4 Å². The Kier molecular flexibility index (Phi) is 13.3. The highest BCUT2D eigenvalue weighted by atomic mass is 32.2. The summed E-state index contributed by atoms with van der Waals surface area (Å²) in [6.45, 7) is 10.5. The number of hydrogen-bond acceptors (Lipinski definition) is 10. The third kappa shape index (κ3) is 9.32. The summed E-state index contributed by atoms with van der Waals surface area (Å²) in [6.07, 6.45) is 9.93. The Morgan fingerprint density at radius 3 is 2.06 bits per heavy atom. The Morgan fingerprint density at radius 1 is 0.766 bits per heavy atom. The van der Waals surface area contributed by atoms with Crippen molar-refractivity contribution >= 4 is 85.0 Å². The van der Waals surface area contributed by atoms with Gasteiger partial charge in [-0.15, -0.1) is 0 Å². The molecule has 16 nitrogen and oxygen atoms in total. The molecule has 20 heteroatoms. The first-order chi connectivity index (χ1) is 29.6. The number of nitrogens with zero attached hydrogens (tertiary/aromatic N) is 3. The molecule has 4 aromatic carbocycles. The van der Waals surface area contributed by atoms with Gasteiger partial charge in [0.05, 0.1) is 21.0 Å². The molecule has 0 saturated carbocycles. The van der Waals surface area contributed by atoms with Crippen molar-refractivity contribution in [1.29, 1.82) is 0 Å². The standard InChI is InChI=1S/C44H51N3O13S4/c1-7-23-46-35-22-20-31-33(27-29(63(55,56)57)28-37(31)64(58,59)60)42(35)44(4,5)38(46)16-9-8-10-17-39-43(2,3)41-32-14-11-15-36(62(53,54)45(6)24-12-18-40(48)49)30(32)19-21-34(41)47(39)25-13-26-61(50,51)52/h8-11,14-17,19-22,27-28H,7,12-13,18,23-26H2,1-6H3,(H3-,48,49,50,51,52,55,56,57,58,59,60)/p+1. The molecule has 0 spiro atoms. The predicted molar refractivity (Wildman–Crippen MR) is 245 cm³/mol. The molecule has 0 aliphatic carbocycles. The third-order valence-electron chi connectivity index (χ3n) is 11.8. The summed E-state index contributed by atoms with van der Waals surface area (Å²) < 4.78 is 134. The minimum absolute atomic E-state index is 0.00365. The smallest absolute Gasteiger partial charge is 0.303 e. The largest absolute Gasteiger partial charge is 0.481 e. The monoisotopic (exact) mass is 958 g/mol. The number of carbonyl (C=O) groups is 1. The van der Waals surface area contributed by atoms with Gasteiger partial charge in [0.1, 0.15) is 11.4 Å². The van der Waals surface area contributed by atoms with Crippen LogP contribution in [0.1, 0.15) is 71.4 Å². The Hall–Kier alpha value is -4.80. The molecule has 0 atom stereocenters. The van der Waals surface area contributed by atoms with Crippen LogP contribution in [0.15, 0.2) is 105 Å². The van der Waals surface area contributed by atoms with Crippen LogP contribution in [0.4, 0.5) is 11.4 Å². The summed E-state index contributed by atoms with van der Waals surface area (Å²) in [4.78, 5) is 11.8. The Labute approximate surface area is 374 Å². The van der Waals surface area contributed by atoms with Gasteiger partial charge >= 0.3 is 5.97 Å². The maximum Gasteiger partial charge on any atom is 0.303 e. The average molecular weight is 959 g/mol. The van der Waals surface area contributed by atoms with E-state index in [0.29, 0.717) is 35.0 Å². The highest BCUT2D eigenvalue weighted by molar-refractivity contribution is 7.89. The normalized spacial score (nSPS) is 17.2. The van der Waals surface area contributed by atoms with Crippen LogP contribution in [0, 0.1) is 0 Å². The van der Waals surface area contributed by atoms with Gasteiger partial charge in [0, 0.05) is 78.3 Å². The number of allylic oxidation sites excluding steroid dienone is 6. The fourth-order valence-corrected chi connectivity index (χ4v) is 12.3. The van der Waals surface area contributed by atoms with Gasteiger partial charge in [-0.25, -0.2) is 12.7 Å². The van der Waals surface area contributed by atoms with E-state index in [4.69, 9.17) is 5.11 Å². The van der Waals surface area contributed by atoms with Crippen molar-refractivity contribution in [1.82, 2.24) is 4.31 Å². The van der Waals surface area contributed by atoms with E-state index in [1.807, 2.05) is 74.5 Å². The van der Waals surface area contributed by atoms with Crippen LogP contribution < -0.4 is 4.90 Å². The van der Waals surface area contributed by atoms with Crippen molar-refractivity contribution in [3.63, 3.8) is 0 Å². The second-order valence-electron chi connectivity index (χ2n) is 16.9. The van der Waals surface area contributed by atoms with Gasteiger partial charge in [0.2, 0.25) is 15.7 Å². The summed E-state index contributed by atoms with van der Waals surface area (Å²) in [6, 6.07) is 13.6. The number of carboxylic acids is 1. The SMILES string of the molecule is CCC[N+]1=C(/C=C/C=C/C=C2/N(CCCS(=O)(=O)O)c3ccc4c(S(=O)(=O)N(C)CCCC(=O)O)cccc4c3C2(C)C)C(C)(C)c2c1ccc1c(S(=O)(=O)O)cc(S(=O)(=O)O)cc21. The average Bonchev–Trinajstić information content (AvgIpc) is 3.53. The fraction of sp³-hybridized carbons (Fsp3) is 0.364. The van der Waals surface area contributed by atoms with E-state index in [-0.39, 0.29) is 48.0 Å². The van der Waals surface area contributed by atoms with Crippen LogP contribution in [-0.4, -0.2) is 105 Å². The number of rotatable bonds is 17. The van der Waals surface area contributed by atoms with E-state index in [9.17, 15) is 52.1 Å². The lowest BCUT2D eigenvalue weighted by atomic mass is 9.79. The topological polar surface area (TPSA) is 244 Å². The van der Waals surface area contributed by atoms with Crippen LogP contribution in [-0.2, 0) is 56.0 Å². The zero-order chi connectivity index (χ0) is 47.4. The van der Waals surface area contributed by atoms with Crippen molar-refractivity contribution < 1.29 is 61.8 Å². The van der Waals surface area contributed by atoms with Crippen LogP contribution in [0.5, 0.6) is 0 Å².